The van der Waals surface area contributed by atoms with Crippen molar-refractivity contribution in [3.63, 3.8) is 0 Å². The Morgan fingerprint density at radius 1 is 1.69 bits per heavy atom. The molecule has 13 heavy (non-hydrogen) atoms. The number of halogens is 1. The molecule has 0 spiro atoms. The Morgan fingerprint density at radius 3 is 3.08 bits per heavy atom. The minimum Gasteiger partial charge on any atom is -0.468 e. The van der Waals surface area contributed by atoms with Crippen LogP contribution in [-0.2, 0) is 9.53 Å². The molecule has 1 heterocycles. The first-order valence-electron chi connectivity index (χ1n) is 3.39. The second-order valence-electron chi connectivity index (χ2n) is 2.04. The third-order valence-corrected chi connectivity index (χ3v) is 2.07. The standard InChI is InChI=1S/C7H7FN2O2S/c1-12-7(11)3-13-6-2-5(8)9-4-10-6/h2,4H,3H2,1H3. The van der Waals surface area contributed by atoms with Gasteiger partial charge in [0.05, 0.1) is 12.9 Å². The molecule has 6 heteroatoms. The minimum atomic E-state index is -0.609. The number of methoxy groups -OCH3 is 1. The highest BCUT2D eigenvalue weighted by molar-refractivity contribution is 7.99. The molecule has 0 bridgehead atoms. The van der Waals surface area contributed by atoms with Crippen LogP contribution in [0.2, 0.25) is 0 Å². The lowest BCUT2D eigenvalue weighted by molar-refractivity contribution is -0.137. The molecule has 0 aromatic carbocycles. The lowest BCUT2D eigenvalue weighted by Gasteiger charge is -1.98. The molecule has 0 amide bonds. The van der Waals surface area contributed by atoms with Crippen molar-refractivity contribution >= 4 is 17.7 Å². The fraction of sp³-hybridized carbons (Fsp3) is 0.286. The molecular formula is C7H7FN2O2S. The third-order valence-electron chi connectivity index (χ3n) is 1.17. The number of esters is 1. The fourth-order valence-corrected chi connectivity index (χ4v) is 1.27. The predicted octanol–water partition coefficient (Wildman–Crippen LogP) is 0.881. The molecular weight excluding hydrogens is 195 g/mol. The van der Waals surface area contributed by atoms with E-state index < -0.39 is 5.95 Å². The Balaban J connectivity index is 2.50. The van der Waals surface area contributed by atoms with E-state index in [1.54, 1.807) is 0 Å². The average molecular weight is 202 g/mol. The van der Waals surface area contributed by atoms with Crippen molar-refractivity contribution in [3.05, 3.63) is 18.3 Å². The normalized spacial score (nSPS) is 9.69. The van der Waals surface area contributed by atoms with Crippen molar-refractivity contribution in [2.45, 2.75) is 5.03 Å². The van der Waals surface area contributed by atoms with Crippen molar-refractivity contribution < 1.29 is 13.9 Å². The fourth-order valence-electron chi connectivity index (χ4n) is 0.588. The summed E-state index contributed by atoms with van der Waals surface area (Å²) < 4.78 is 16.9. The van der Waals surface area contributed by atoms with Gasteiger partial charge in [-0.1, -0.05) is 11.8 Å². The number of hydrogen-bond donors (Lipinski definition) is 0. The molecule has 4 nitrogen and oxygen atoms in total. The third kappa shape index (κ3) is 3.37. The van der Waals surface area contributed by atoms with Gasteiger partial charge in [0, 0.05) is 6.07 Å². The molecule has 0 aliphatic carbocycles. The van der Waals surface area contributed by atoms with Crippen LogP contribution < -0.4 is 0 Å². The van der Waals surface area contributed by atoms with Crippen molar-refractivity contribution in [3.8, 4) is 0 Å². The van der Waals surface area contributed by atoms with Gasteiger partial charge in [0.25, 0.3) is 0 Å². The predicted molar refractivity (Wildman–Crippen MR) is 44.7 cm³/mol. The van der Waals surface area contributed by atoms with Crippen LogP contribution in [-0.4, -0.2) is 28.8 Å². The zero-order chi connectivity index (χ0) is 9.68. The molecule has 70 valence electrons. The summed E-state index contributed by atoms with van der Waals surface area (Å²) in [6, 6.07) is 1.16. The van der Waals surface area contributed by atoms with Crippen LogP contribution in [0, 0.1) is 5.95 Å². The maximum atomic E-state index is 12.5. The molecule has 0 radical (unpaired) electrons. The van der Waals surface area contributed by atoms with E-state index in [9.17, 15) is 9.18 Å². The van der Waals surface area contributed by atoms with E-state index in [4.69, 9.17) is 0 Å². The highest BCUT2D eigenvalue weighted by Crippen LogP contribution is 2.14. The van der Waals surface area contributed by atoms with Gasteiger partial charge in [-0.05, 0) is 0 Å². The molecule has 0 fully saturated rings. The summed E-state index contributed by atoms with van der Waals surface area (Å²) in [4.78, 5) is 17.7. The molecule has 1 aromatic rings. The Kier molecular flexibility index (Phi) is 3.63. The monoisotopic (exact) mass is 202 g/mol. The molecule has 0 saturated carbocycles. The second-order valence-corrected chi connectivity index (χ2v) is 3.04. The number of rotatable bonds is 3. The van der Waals surface area contributed by atoms with E-state index in [1.807, 2.05) is 0 Å². The highest BCUT2D eigenvalue weighted by atomic mass is 32.2. The maximum Gasteiger partial charge on any atom is 0.316 e. The minimum absolute atomic E-state index is 0.118. The van der Waals surface area contributed by atoms with Gasteiger partial charge in [-0.3, -0.25) is 4.79 Å². The summed E-state index contributed by atoms with van der Waals surface area (Å²) in [6.45, 7) is 0. The van der Waals surface area contributed by atoms with Gasteiger partial charge in [0.15, 0.2) is 0 Å². The molecule has 0 aliphatic rings. The first-order valence-corrected chi connectivity index (χ1v) is 4.38. The van der Waals surface area contributed by atoms with Gasteiger partial charge >= 0.3 is 5.97 Å². The Morgan fingerprint density at radius 2 is 2.46 bits per heavy atom. The maximum absolute atomic E-state index is 12.5. The largest absolute Gasteiger partial charge is 0.468 e. The lowest BCUT2D eigenvalue weighted by Crippen LogP contribution is -2.03. The van der Waals surface area contributed by atoms with Gasteiger partial charge in [0.1, 0.15) is 11.4 Å². The van der Waals surface area contributed by atoms with Gasteiger partial charge < -0.3 is 4.74 Å². The zero-order valence-corrected chi connectivity index (χ0v) is 7.68. The van der Waals surface area contributed by atoms with Crippen molar-refractivity contribution in [2.75, 3.05) is 12.9 Å². The van der Waals surface area contributed by atoms with E-state index in [0.717, 1.165) is 24.2 Å². The number of carbonyl (C=O) groups excluding carboxylic acids is 1. The molecule has 0 atom stereocenters. The number of thioether (sulfide) groups is 1. The van der Waals surface area contributed by atoms with Gasteiger partial charge in [-0.25, -0.2) is 9.97 Å². The Labute approximate surface area is 78.5 Å². The molecule has 0 unspecified atom stereocenters. The second kappa shape index (κ2) is 4.76. The molecule has 1 rings (SSSR count). The number of aromatic nitrogens is 2. The highest BCUT2D eigenvalue weighted by Gasteiger charge is 2.03. The van der Waals surface area contributed by atoms with Crippen LogP contribution in [0.1, 0.15) is 0 Å². The SMILES string of the molecule is COC(=O)CSc1cc(F)ncn1. The summed E-state index contributed by atoms with van der Waals surface area (Å²) in [6.07, 6.45) is 1.11. The smallest absolute Gasteiger partial charge is 0.316 e. The molecule has 0 aliphatic heterocycles. The summed E-state index contributed by atoms with van der Waals surface area (Å²) in [5, 5.41) is 0.415. The van der Waals surface area contributed by atoms with Crippen LogP contribution >= 0.6 is 11.8 Å². The van der Waals surface area contributed by atoms with Crippen molar-refractivity contribution in [1.82, 2.24) is 9.97 Å². The van der Waals surface area contributed by atoms with Crippen LogP contribution in [0.25, 0.3) is 0 Å². The van der Waals surface area contributed by atoms with Crippen molar-refractivity contribution in [1.29, 1.82) is 0 Å². The van der Waals surface area contributed by atoms with E-state index in [2.05, 4.69) is 14.7 Å². The van der Waals surface area contributed by atoms with Gasteiger partial charge in [-0.2, -0.15) is 4.39 Å². The Hall–Kier alpha value is -1.17. The topological polar surface area (TPSA) is 52.1 Å². The molecule has 0 N–H and O–H groups in total. The number of ether oxygens (including phenoxy) is 1. The lowest BCUT2D eigenvalue weighted by atomic mass is 10.7. The van der Waals surface area contributed by atoms with Crippen molar-refractivity contribution in [2.24, 2.45) is 0 Å². The summed E-state index contributed by atoms with van der Waals surface area (Å²) in [5.41, 5.74) is 0. The molecule has 1 aromatic heterocycles. The van der Waals surface area contributed by atoms with E-state index in [0.29, 0.717) is 5.03 Å². The number of hydrogen-bond acceptors (Lipinski definition) is 5. The van der Waals surface area contributed by atoms with E-state index in [-0.39, 0.29) is 11.7 Å². The number of carbonyl (C=O) groups is 1. The van der Waals surface area contributed by atoms with E-state index in [1.165, 1.54) is 7.11 Å². The Bertz CT molecular complexity index is 308. The number of nitrogens with zero attached hydrogens (tertiary/aromatic N) is 2. The average Bonchev–Trinajstić information content (AvgIpc) is 2.14. The first-order chi connectivity index (χ1) is 6.22. The summed E-state index contributed by atoms with van der Waals surface area (Å²) in [7, 11) is 1.30. The van der Waals surface area contributed by atoms with Gasteiger partial charge in [0.2, 0.25) is 5.95 Å². The molecule has 0 saturated heterocycles. The first kappa shape index (κ1) is 9.91. The van der Waals surface area contributed by atoms with Crippen LogP contribution in [0.5, 0.6) is 0 Å². The quantitative estimate of drug-likeness (QED) is 0.413. The summed E-state index contributed by atoms with van der Waals surface area (Å²) in [5.74, 6) is -0.862. The van der Waals surface area contributed by atoms with Crippen LogP contribution in [0.4, 0.5) is 4.39 Å². The van der Waals surface area contributed by atoms with E-state index >= 15 is 0 Å². The summed E-state index contributed by atoms with van der Waals surface area (Å²) >= 11 is 1.10. The zero-order valence-electron chi connectivity index (χ0n) is 6.86. The van der Waals surface area contributed by atoms with Gasteiger partial charge in [-0.15, -0.1) is 0 Å². The van der Waals surface area contributed by atoms with Crippen LogP contribution in [0.3, 0.4) is 0 Å². The van der Waals surface area contributed by atoms with Crippen LogP contribution in [0.15, 0.2) is 17.4 Å².